The van der Waals surface area contributed by atoms with E-state index in [0.717, 1.165) is 5.56 Å². The van der Waals surface area contributed by atoms with E-state index in [2.05, 4.69) is 5.32 Å². The van der Waals surface area contributed by atoms with Gasteiger partial charge in [-0.05, 0) is 25.0 Å². The number of carbonyl (C=O) groups is 2. The van der Waals surface area contributed by atoms with Crippen molar-refractivity contribution in [2.24, 2.45) is 5.92 Å². The fourth-order valence-corrected chi connectivity index (χ4v) is 2.30. The number of anilines is 1. The van der Waals surface area contributed by atoms with Crippen LogP contribution in [0, 0.1) is 16.0 Å². The number of rotatable bonds is 7. The lowest BCUT2D eigenvalue weighted by atomic mass is 9.98. The van der Waals surface area contributed by atoms with E-state index >= 15 is 0 Å². The van der Waals surface area contributed by atoms with Gasteiger partial charge < -0.3 is 10.1 Å². The van der Waals surface area contributed by atoms with Crippen LogP contribution in [0.25, 0.3) is 0 Å². The molecule has 0 spiro atoms. The Labute approximate surface area is 144 Å². The zero-order valence-electron chi connectivity index (χ0n) is 13.7. The van der Waals surface area contributed by atoms with Gasteiger partial charge in [-0.25, -0.2) is 0 Å². The fourth-order valence-electron chi connectivity index (χ4n) is 2.30. The number of hydrogen-bond donors (Lipinski definition) is 1. The number of nitro groups is 1. The molecule has 0 fully saturated rings. The molecule has 1 N–H and O–H groups in total. The Morgan fingerprint density at radius 1 is 1.16 bits per heavy atom. The highest BCUT2D eigenvalue weighted by Crippen LogP contribution is 2.19. The molecule has 2 aromatic carbocycles. The molecule has 130 valence electrons. The second-order valence-corrected chi connectivity index (χ2v) is 5.29. The van der Waals surface area contributed by atoms with Crippen molar-refractivity contribution < 1.29 is 19.2 Å². The molecule has 7 nitrogen and oxygen atoms in total. The van der Waals surface area contributed by atoms with E-state index in [1.54, 1.807) is 6.92 Å². The third-order valence-corrected chi connectivity index (χ3v) is 3.49. The van der Waals surface area contributed by atoms with E-state index in [4.69, 9.17) is 4.74 Å². The number of nitro benzene ring substituents is 1. The van der Waals surface area contributed by atoms with E-state index in [1.165, 1.54) is 24.3 Å². The number of hydrogen-bond acceptors (Lipinski definition) is 5. The second-order valence-electron chi connectivity index (χ2n) is 5.29. The first-order valence-electron chi connectivity index (χ1n) is 7.77. The summed E-state index contributed by atoms with van der Waals surface area (Å²) in [6.45, 7) is 1.82. The Morgan fingerprint density at radius 3 is 2.52 bits per heavy atom. The van der Waals surface area contributed by atoms with Crippen LogP contribution in [-0.2, 0) is 20.7 Å². The molecule has 0 aliphatic carbocycles. The summed E-state index contributed by atoms with van der Waals surface area (Å²) >= 11 is 0. The number of esters is 1. The number of nitrogens with one attached hydrogen (secondary N) is 1. The fraction of sp³-hybridized carbons (Fsp3) is 0.222. The number of non-ortho nitro benzene ring substituents is 1. The van der Waals surface area contributed by atoms with Gasteiger partial charge >= 0.3 is 5.97 Å². The normalized spacial score (nSPS) is 11.4. The van der Waals surface area contributed by atoms with Crippen molar-refractivity contribution in [3.8, 4) is 0 Å². The number of nitrogens with zero attached hydrogens (tertiary/aromatic N) is 1. The minimum Gasteiger partial charge on any atom is -0.465 e. The third kappa shape index (κ3) is 5.13. The predicted molar refractivity (Wildman–Crippen MR) is 92.0 cm³/mol. The lowest BCUT2D eigenvalue weighted by molar-refractivity contribution is -0.384. The summed E-state index contributed by atoms with van der Waals surface area (Å²) in [6.07, 6.45) is 0.181. The van der Waals surface area contributed by atoms with Crippen LogP contribution in [0.2, 0.25) is 0 Å². The first-order valence-corrected chi connectivity index (χ1v) is 7.77. The molecule has 0 radical (unpaired) electrons. The molecule has 25 heavy (non-hydrogen) atoms. The van der Waals surface area contributed by atoms with Crippen LogP contribution in [-0.4, -0.2) is 23.4 Å². The van der Waals surface area contributed by atoms with Gasteiger partial charge in [0.05, 0.1) is 11.5 Å². The van der Waals surface area contributed by atoms with Crippen molar-refractivity contribution in [3.63, 3.8) is 0 Å². The first-order chi connectivity index (χ1) is 12.0. The van der Waals surface area contributed by atoms with Crippen molar-refractivity contribution in [2.45, 2.75) is 13.3 Å². The van der Waals surface area contributed by atoms with Gasteiger partial charge in [0.2, 0.25) is 5.91 Å². The molecule has 2 rings (SSSR count). The van der Waals surface area contributed by atoms with Gasteiger partial charge in [-0.2, -0.15) is 0 Å². The molecule has 1 atom stereocenters. The molecular weight excluding hydrogens is 324 g/mol. The van der Waals surface area contributed by atoms with Crippen LogP contribution in [0.1, 0.15) is 12.5 Å². The third-order valence-electron chi connectivity index (χ3n) is 3.49. The first kappa shape index (κ1) is 18.1. The predicted octanol–water partition coefficient (Wildman–Crippen LogP) is 2.96. The second kappa shape index (κ2) is 8.58. The van der Waals surface area contributed by atoms with E-state index in [-0.39, 0.29) is 24.4 Å². The maximum Gasteiger partial charge on any atom is 0.318 e. The summed E-state index contributed by atoms with van der Waals surface area (Å²) in [5, 5.41) is 13.4. The number of amides is 1. The molecule has 0 aliphatic heterocycles. The van der Waals surface area contributed by atoms with Gasteiger partial charge in [-0.3, -0.25) is 19.7 Å². The highest BCUT2D eigenvalue weighted by Gasteiger charge is 2.28. The van der Waals surface area contributed by atoms with Crippen LogP contribution in [0.3, 0.4) is 0 Å². The molecule has 0 aromatic heterocycles. The Kier molecular flexibility index (Phi) is 6.22. The standard InChI is InChI=1S/C18H18N2O5/c1-2-25-18(22)16(11-13-7-4-3-5-8-13)17(21)19-14-9-6-10-15(12-14)20(23)24/h3-10,12,16H,2,11H2,1H3,(H,19,21)/t16-/m1/s1. The summed E-state index contributed by atoms with van der Waals surface area (Å²) in [4.78, 5) is 35.0. The van der Waals surface area contributed by atoms with Crippen molar-refractivity contribution in [3.05, 3.63) is 70.3 Å². The lowest BCUT2D eigenvalue weighted by Crippen LogP contribution is -2.33. The number of ether oxygens (including phenoxy) is 1. The van der Waals surface area contributed by atoms with E-state index in [9.17, 15) is 19.7 Å². The Hall–Kier alpha value is -3.22. The van der Waals surface area contributed by atoms with Gasteiger partial charge in [0, 0.05) is 17.8 Å². The molecule has 0 heterocycles. The molecule has 7 heteroatoms. The molecule has 0 saturated heterocycles. The van der Waals surface area contributed by atoms with E-state index in [1.807, 2.05) is 30.3 Å². The van der Waals surface area contributed by atoms with Crippen molar-refractivity contribution in [2.75, 3.05) is 11.9 Å². The van der Waals surface area contributed by atoms with Crippen molar-refractivity contribution in [1.82, 2.24) is 0 Å². The smallest absolute Gasteiger partial charge is 0.318 e. The van der Waals surface area contributed by atoms with Gasteiger partial charge in [0.25, 0.3) is 5.69 Å². The van der Waals surface area contributed by atoms with Crippen LogP contribution in [0.4, 0.5) is 11.4 Å². The summed E-state index contributed by atoms with van der Waals surface area (Å²) < 4.78 is 4.99. The Bertz CT molecular complexity index is 761. The van der Waals surface area contributed by atoms with Crippen LogP contribution in [0.15, 0.2) is 54.6 Å². The average molecular weight is 342 g/mol. The molecule has 0 bridgehead atoms. The number of carbonyl (C=O) groups excluding carboxylic acids is 2. The molecular formula is C18H18N2O5. The zero-order valence-corrected chi connectivity index (χ0v) is 13.7. The van der Waals surface area contributed by atoms with E-state index in [0.29, 0.717) is 0 Å². The summed E-state index contributed by atoms with van der Waals surface area (Å²) in [6, 6.07) is 14.6. The van der Waals surface area contributed by atoms with Crippen LogP contribution < -0.4 is 5.32 Å². The van der Waals surface area contributed by atoms with Crippen LogP contribution in [0.5, 0.6) is 0 Å². The Balaban J connectivity index is 2.18. The average Bonchev–Trinajstić information content (AvgIpc) is 2.60. The number of benzene rings is 2. The zero-order chi connectivity index (χ0) is 18.2. The largest absolute Gasteiger partial charge is 0.465 e. The van der Waals surface area contributed by atoms with Gasteiger partial charge in [-0.1, -0.05) is 36.4 Å². The summed E-state index contributed by atoms with van der Waals surface area (Å²) in [5.74, 6) is -2.24. The minimum absolute atomic E-state index is 0.145. The molecule has 0 aliphatic rings. The molecule has 0 unspecified atom stereocenters. The SMILES string of the molecule is CCOC(=O)[C@H](Cc1ccccc1)C(=O)Nc1cccc([N+](=O)[O-])c1. The van der Waals surface area contributed by atoms with Gasteiger partial charge in [-0.15, -0.1) is 0 Å². The van der Waals surface area contributed by atoms with Crippen LogP contribution >= 0.6 is 0 Å². The topological polar surface area (TPSA) is 98.5 Å². The lowest BCUT2D eigenvalue weighted by Gasteiger charge is -2.15. The highest BCUT2D eigenvalue weighted by molar-refractivity contribution is 6.05. The minimum atomic E-state index is -1.04. The van der Waals surface area contributed by atoms with E-state index < -0.39 is 22.7 Å². The monoisotopic (exact) mass is 342 g/mol. The maximum absolute atomic E-state index is 12.5. The summed E-state index contributed by atoms with van der Waals surface area (Å²) in [5.41, 5.74) is 0.921. The summed E-state index contributed by atoms with van der Waals surface area (Å²) in [7, 11) is 0. The molecule has 2 aromatic rings. The molecule has 1 amide bonds. The Morgan fingerprint density at radius 2 is 1.88 bits per heavy atom. The molecule has 0 saturated carbocycles. The maximum atomic E-state index is 12.5. The van der Waals surface area contributed by atoms with Gasteiger partial charge in [0.1, 0.15) is 5.92 Å². The van der Waals surface area contributed by atoms with Crippen molar-refractivity contribution in [1.29, 1.82) is 0 Å². The quantitative estimate of drug-likeness (QED) is 0.361. The highest BCUT2D eigenvalue weighted by atomic mass is 16.6. The van der Waals surface area contributed by atoms with Crippen molar-refractivity contribution >= 4 is 23.3 Å². The van der Waals surface area contributed by atoms with Gasteiger partial charge in [0.15, 0.2) is 0 Å².